The minimum Gasteiger partial charge on any atom is -0.296 e. The molecule has 1 atom stereocenters. The van der Waals surface area contributed by atoms with Crippen molar-refractivity contribution in [2.45, 2.75) is 10.7 Å². The number of allylic oxidation sites excluding steroid dienone is 4. The molecule has 0 amide bonds. The highest BCUT2D eigenvalue weighted by Gasteiger charge is 2.32. The highest BCUT2D eigenvalue weighted by Crippen LogP contribution is 2.34. The molecule has 0 aliphatic heterocycles. The lowest BCUT2D eigenvalue weighted by Crippen LogP contribution is -2.31. The minimum atomic E-state index is -0.618. The van der Waals surface area contributed by atoms with Gasteiger partial charge in [0.15, 0.2) is 5.78 Å². The summed E-state index contributed by atoms with van der Waals surface area (Å²) >= 11 is 9.05. The van der Waals surface area contributed by atoms with E-state index in [1.165, 1.54) is 0 Å². The maximum absolute atomic E-state index is 11.7. The van der Waals surface area contributed by atoms with Gasteiger partial charge in [-0.2, -0.15) is 0 Å². The fourth-order valence-electron chi connectivity index (χ4n) is 1.78. The molecule has 88 valence electrons. The van der Waals surface area contributed by atoms with E-state index >= 15 is 0 Å². The van der Waals surface area contributed by atoms with Gasteiger partial charge in [-0.1, -0.05) is 64.5 Å². The molecule has 1 aliphatic rings. The largest absolute Gasteiger partial charge is 0.296 e. The third-order valence-corrected chi connectivity index (χ3v) is 4.11. The lowest BCUT2D eigenvalue weighted by atomic mass is 9.90. The molecule has 17 heavy (non-hydrogen) atoms. The number of alkyl halides is 2. The van der Waals surface area contributed by atoms with E-state index < -0.39 is 4.32 Å². The van der Waals surface area contributed by atoms with E-state index in [-0.39, 0.29) is 11.7 Å². The van der Waals surface area contributed by atoms with E-state index in [0.717, 1.165) is 11.1 Å². The summed E-state index contributed by atoms with van der Waals surface area (Å²) in [4.78, 5) is 11.7. The molecule has 0 saturated carbocycles. The van der Waals surface area contributed by atoms with Gasteiger partial charge in [0.25, 0.3) is 0 Å². The molecule has 0 N–H and O–H groups in total. The SMILES string of the molecule is O=C(CCl)C1(Br)C=CC(c2ccccc2)=CC1. The number of ketones is 1. The van der Waals surface area contributed by atoms with Crippen molar-refractivity contribution in [3.05, 3.63) is 54.1 Å². The summed E-state index contributed by atoms with van der Waals surface area (Å²) in [6, 6.07) is 10.1. The van der Waals surface area contributed by atoms with Crippen LogP contribution in [0.5, 0.6) is 0 Å². The molecule has 1 aliphatic carbocycles. The van der Waals surface area contributed by atoms with Crippen LogP contribution in [0.2, 0.25) is 0 Å². The Morgan fingerprint density at radius 3 is 2.59 bits per heavy atom. The molecule has 1 aromatic rings. The van der Waals surface area contributed by atoms with Crippen molar-refractivity contribution < 1.29 is 4.79 Å². The first-order valence-corrected chi connectivity index (χ1v) is 6.71. The van der Waals surface area contributed by atoms with Gasteiger partial charge in [0.1, 0.15) is 4.32 Å². The molecule has 0 bridgehead atoms. The lowest BCUT2D eigenvalue weighted by molar-refractivity contribution is -0.117. The molecule has 2 rings (SSSR count). The van der Waals surface area contributed by atoms with Crippen LogP contribution in [0.15, 0.2) is 48.6 Å². The minimum absolute atomic E-state index is 0.00113. The summed E-state index contributed by atoms with van der Waals surface area (Å²) in [5, 5.41) is 0. The molecular formula is C14H12BrClO. The maximum Gasteiger partial charge on any atom is 0.168 e. The van der Waals surface area contributed by atoms with E-state index in [0.29, 0.717) is 6.42 Å². The molecular weight excluding hydrogens is 300 g/mol. The summed E-state index contributed by atoms with van der Waals surface area (Å²) in [6.45, 7) is 0. The third-order valence-electron chi connectivity index (χ3n) is 2.84. The van der Waals surface area contributed by atoms with Crippen LogP contribution in [0.4, 0.5) is 0 Å². The van der Waals surface area contributed by atoms with Gasteiger partial charge in [-0.3, -0.25) is 4.79 Å². The van der Waals surface area contributed by atoms with Gasteiger partial charge >= 0.3 is 0 Å². The van der Waals surface area contributed by atoms with Crippen molar-refractivity contribution in [2.75, 3.05) is 5.88 Å². The lowest BCUT2D eigenvalue weighted by Gasteiger charge is -2.23. The molecule has 0 radical (unpaired) electrons. The average Bonchev–Trinajstić information content (AvgIpc) is 2.39. The molecule has 0 aromatic heterocycles. The van der Waals surface area contributed by atoms with Gasteiger partial charge in [-0.05, 0) is 17.6 Å². The summed E-state index contributed by atoms with van der Waals surface area (Å²) < 4.78 is -0.618. The Kier molecular flexibility index (Phi) is 3.85. The van der Waals surface area contributed by atoms with Crippen molar-refractivity contribution in [3.8, 4) is 0 Å². The monoisotopic (exact) mass is 310 g/mol. The van der Waals surface area contributed by atoms with Crippen LogP contribution in [-0.2, 0) is 4.79 Å². The molecule has 0 fully saturated rings. The number of rotatable bonds is 3. The number of hydrogen-bond donors (Lipinski definition) is 0. The van der Waals surface area contributed by atoms with E-state index in [9.17, 15) is 4.79 Å². The Morgan fingerprint density at radius 2 is 2.06 bits per heavy atom. The zero-order chi connectivity index (χ0) is 12.3. The Balaban J connectivity index is 2.20. The van der Waals surface area contributed by atoms with E-state index in [1.807, 2.05) is 30.4 Å². The van der Waals surface area contributed by atoms with E-state index in [1.54, 1.807) is 0 Å². The predicted octanol–water partition coefficient (Wildman–Crippen LogP) is 3.97. The van der Waals surface area contributed by atoms with Gasteiger partial charge in [0.05, 0.1) is 5.88 Å². The van der Waals surface area contributed by atoms with Gasteiger partial charge in [0.2, 0.25) is 0 Å². The summed E-state index contributed by atoms with van der Waals surface area (Å²) in [7, 11) is 0. The number of carbonyl (C=O) groups excluding carboxylic acids is 1. The van der Waals surface area contributed by atoms with Crippen molar-refractivity contribution in [1.82, 2.24) is 0 Å². The standard InChI is InChI=1S/C14H12BrClO/c15-14(13(17)10-16)8-6-12(7-9-14)11-4-2-1-3-5-11/h1-8H,9-10H2. The molecule has 0 saturated heterocycles. The van der Waals surface area contributed by atoms with Crippen LogP contribution in [-0.4, -0.2) is 16.0 Å². The van der Waals surface area contributed by atoms with Crippen molar-refractivity contribution in [2.24, 2.45) is 0 Å². The number of Topliss-reactive ketones (excluding diaryl/α,β-unsaturated/α-hetero) is 1. The van der Waals surface area contributed by atoms with Crippen molar-refractivity contribution in [3.63, 3.8) is 0 Å². The molecule has 0 spiro atoms. The number of hydrogen-bond acceptors (Lipinski definition) is 1. The molecule has 1 aromatic carbocycles. The topological polar surface area (TPSA) is 17.1 Å². The summed E-state index contributed by atoms with van der Waals surface area (Å²) in [6.07, 6.45) is 6.56. The third kappa shape index (κ3) is 2.70. The Morgan fingerprint density at radius 1 is 1.35 bits per heavy atom. The second kappa shape index (κ2) is 5.19. The first-order chi connectivity index (χ1) is 8.15. The second-order valence-electron chi connectivity index (χ2n) is 3.98. The van der Waals surface area contributed by atoms with Crippen molar-refractivity contribution in [1.29, 1.82) is 0 Å². The molecule has 0 heterocycles. The van der Waals surface area contributed by atoms with Crippen molar-refractivity contribution >= 4 is 38.9 Å². The van der Waals surface area contributed by atoms with Gasteiger partial charge in [-0.15, -0.1) is 11.6 Å². The van der Waals surface area contributed by atoms with E-state index in [4.69, 9.17) is 11.6 Å². The van der Waals surface area contributed by atoms with Crippen LogP contribution in [0, 0.1) is 0 Å². The molecule has 1 nitrogen and oxygen atoms in total. The number of halogens is 2. The second-order valence-corrected chi connectivity index (χ2v) is 5.66. The van der Waals surface area contributed by atoms with Crippen LogP contribution in [0.25, 0.3) is 5.57 Å². The smallest absolute Gasteiger partial charge is 0.168 e. The Labute approximate surface area is 114 Å². The highest BCUT2D eigenvalue weighted by atomic mass is 79.9. The molecule has 1 unspecified atom stereocenters. The molecule has 3 heteroatoms. The highest BCUT2D eigenvalue weighted by molar-refractivity contribution is 9.10. The summed E-state index contributed by atoms with van der Waals surface area (Å²) in [5.74, 6) is 0.0307. The Bertz CT molecular complexity index is 478. The van der Waals surface area contributed by atoms with Crippen LogP contribution < -0.4 is 0 Å². The quantitative estimate of drug-likeness (QED) is 0.772. The number of benzene rings is 1. The van der Waals surface area contributed by atoms with Gasteiger partial charge in [0, 0.05) is 0 Å². The first kappa shape index (κ1) is 12.6. The van der Waals surface area contributed by atoms with Crippen LogP contribution >= 0.6 is 27.5 Å². The fourth-order valence-corrected chi connectivity index (χ4v) is 2.61. The average molecular weight is 312 g/mol. The zero-order valence-electron chi connectivity index (χ0n) is 9.20. The van der Waals surface area contributed by atoms with Gasteiger partial charge in [-0.25, -0.2) is 0 Å². The summed E-state index contributed by atoms with van der Waals surface area (Å²) in [5.41, 5.74) is 2.31. The first-order valence-electron chi connectivity index (χ1n) is 5.39. The number of carbonyl (C=O) groups is 1. The van der Waals surface area contributed by atoms with Gasteiger partial charge < -0.3 is 0 Å². The van der Waals surface area contributed by atoms with E-state index in [2.05, 4.69) is 34.1 Å². The zero-order valence-corrected chi connectivity index (χ0v) is 11.5. The van der Waals surface area contributed by atoms with Crippen LogP contribution in [0.3, 0.4) is 0 Å². The van der Waals surface area contributed by atoms with Crippen LogP contribution in [0.1, 0.15) is 12.0 Å². The fraction of sp³-hybridized carbons (Fsp3) is 0.214. The Hall–Kier alpha value is -0.860. The predicted molar refractivity (Wildman–Crippen MR) is 75.6 cm³/mol. The maximum atomic E-state index is 11.7. The normalized spacial score (nSPS) is 23.3.